The van der Waals surface area contributed by atoms with Gasteiger partial charge in [-0.2, -0.15) is 17.0 Å². The number of nitriles is 1. The number of carbonyl (C=O) groups excluding carboxylic acids is 1. The molecule has 1 aliphatic heterocycles. The Kier molecular flexibility index (Phi) is 6.29. The quantitative estimate of drug-likeness (QED) is 0.855. The summed E-state index contributed by atoms with van der Waals surface area (Å²) in [6.45, 7) is 6.44. The van der Waals surface area contributed by atoms with Gasteiger partial charge in [0.25, 0.3) is 0 Å². The molecule has 0 aliphatic carbocycles. The molecule has 0 aromatic heterocycles. The largest absolute Gasteiger partial charge is 0.340 e. The maximum atomic E-state index is 12.3. The van der Waals surface area contributed by atoms with E-state index >= 15 is 0 Å². The Morgan fingerprint density at radius 1 is 1.27 bits per heavy atom. The van der Waals surface area contributed by atoms with Crippen LogP contribution in [0, 0.1) is 11.3 Å². The van der Waals surface area contributed by atoms with Gasteiger partial charge in [-0.15, -0.1) is 0 Å². The molecular weight excluding hydrogens is 294 g/mol. The first-order chi connectivity index (χ1) is 10.6. The van der Waals surface area contributed by atoms with E-state index in [2.05, 4.69) is 11.0 Å². The van der Waals surface area contributed by atoms with Gasteiger partial charge in [-0.1, -0.05) is 12.1 Å². The summed E-state index contributed by atoms with van der Waals surface area (Å²) in [5, 5.41) is 8.88. The van der Waals surface area contributed by atoms with E-state index in [4.69, 9.17) is 5.26 Å². The number of rotatable bonds is 4. The summed E-state index contributed by atoms with van der Waals surface area (Å²) >= 11 is 1.61. The number of hydrogen-bond donors (Lipinski definition) is 0. The summed E-state index contributed by atoms with van der Waals surface area (Å²) in [5.74, 6) is 0.257. The van der Waals surface area contributed by atoms with Crippen LogP contribution in [0.15, 0.2) is 24.3 Å². The summed E-state index contributed by atoms with van der Waals surface area (Å²) < 4.78 is 0. The summed E-state index contributed by atoms with van der Waals surface area (Å²) in [5.41, 5.74) is 1.92. The van der Waals surface area contributed by atoms with Crippen molar-refractivity contribution in [1.82, 2.24) is 9.80 Å². The van der Waals surface area contributed by atoms with E-state index < -0.39 is 0 Å². The highest BCUT2D eigenvalue weighted by Crippen LogP contribution is 2.14. The third-order valence-corrected chi connectivity index (χ3v) is 5.00. The maximum Gasteiger partial charge on any atom is 0.235 e. The van der Waals surface area contributed by atoms with Gasteiger partial charge >= 0.3 is 0 Å². The second-order valence-corrected chi connectivity index (χ2v) is 6.82. The van der Waals surface area contributed by atoms with Crippen molar-refractivity contribution in [3.05, 3.63) is 35.4 Å². The molecule has 1 amide bonds. The van der Waals surface area contributed by atoms with Crippen LogP contribution < -0.4 is 0 Å². The standard InChI is InChI=1S/C17H23N3OS/c1-14(22-2)17(21)20-9-3-8-19(10-11-20)13-16-6-4-15(12-18)5-7-16/h4-7,14H,3,8-11,13H2,1-2H3/t14-/m1/s1. The minimum atomic E-state index is 0.0464. The van der Waals surface area contributed by atoms with Crippen molar-refractivity contribution in [3.8, 4) is 6.07 Å². The Labute approximate surface area is 137 Å². The van der Waals surface area contributed by atoms with Crippen molar-refractivity contribution >= 4 is 17.7 Å². The lowest BCUT2D eigenvalue weighted by atomic mass is 10.1. The van der Waals surface area contributed by atoms with Crippen LogP contribution in [-0.4, -0.2) is 53.4 Å². The van der Waals surface area contributed by atoms with Crippen LogP contribution in [0.1, 0.15) is 24.5 Å². The Balaban J connectivity index is 1.90. The maximum absolute atomic E-state index is 12.3. The van der Waals surface area contributed by atoms with E-state index in [-0.39, 0.29) is 11.2 Å². The van der Waals surface area contributed by atoms with Crippen molar-refractivity contribution in [1.29, 1.82) is 5.26 Å². The van der Waals surface area contributed by atoms with Crippen LogP contribution in [0.4, 0.5) is 0 Å². The van der Waals surface area contributed by atoms with E-state index in [9.17, 15) is 4.79 Å². The third-order valence-electron chi connectivity index (χ3n) is 4.09. The van der Waals surface area contributed by atoms with Gasteiger partial charge in [-0.05, 0) is 37.3 Å². The fourth-order valence-corrected chi connectivity index (χ4v) is 3.00. The monoisotopic (exact) mass is 317 g/mol. The second-order valence-electron chi connectivity index (χ2n) is 5.64. The van der Waals surface area contributed by atoms with Crippen LogP contribution in [0.25, 0.3) is 0 Å². The molecule has 0 radical (unpaired) electrons. The lowest BCUT2D eigenvalue weighted by Gasteiger charge is -2.24. The first kappa shape index (κ1) is 16.9. The fraction of sp³-hybridized carbons (Fsp3) is 0.529. The summed E-state index contributed by atoms with van der Waals surface area (Å²) in [6, 6.07) is 9.90. The predicted octanol–water partition coefficient (Wildman–Crippen LogP) is 2.34. The number of thioether (sulfide) groups is 1. The predicted molar refractivity (Wildman–Crippen MR) is 90.6 cm³/mol. The van der Waals surface area contributed by atoms with Crippen LogP contribution in [0.2, 0.25) is 0 Å². The number of nitrogens with zero attached hydrogens (tertiary/aromatic N) is 3. The number of carbonyl (C=O) groups is 1. The molecule has 1 fully saturated rings. The van der Waals surface area contributed by atoms with Crippen molar-refractivity contribution < 1.29 is 4.79 Å². The Morgan fingerprint density at radius 2 is 2.00 bits per heavy atom. The van der Waals surface area contributed by atoms with Crippen molar-refractivity contribution in [2.45, 2.75) is 25.1 Å². The Hall–Kier alpha value is -1.51. The van der Waals surface area contributed by atoms with E-state index in [0.29, 0.717) is 5.56 Å². The van der Waals surface area contributed by atoms with Crippen LogP contribution in [0.3, 0.4) is 0 Å². The zero-order chi connectivity index (χ0) is 15.9. The van der Waals surface area contributed by atoms with Gasteiger partial charge in [0.05, 0.1) is 16.9 Å². The van der Waals surface area contributed by atoms with Crippen molar-refractivity contribution in [2.24, 2.45) is 0 Å². The molecule has 0 bridgehead atoms. The number of amides is 1. The number of hydrogen-bond acceptors (Lipinski definition) is 4. The minimum Gasteiger partial charge on any atom is -0.340 e. The third kappa shape index (κ3) is 4.49. The molecule has 1 aliphatic rings. The van der Waals surface area contributed by atoms with Crippen LogP contribution in [0.5, 0.6) is 0 Å². The van der Waals surface area contributed by atoms with E-state index in [1.165, 1.54) is 5.56 Å². The summed E-state index contributed by atoms with van der Waals surface area (Å²) in [4.78, 5) is 16.7. The van der Waals surface area contributed by atoms with E-state index in [1.54, 1.807) is 11.8 Å². The highest BCUT2D eigenvalue weighted by Gasteiger charge is 2.22. The first-order valence-corrected chi connectivity index (χ1v) is 8.96. The molecule has 0 spiro atoms. The van der Waals surface area contributed by atoms with Gasteiger partial charge in [0, 0.05) is 32.7 Å². The van der Waals surface area contributed by atoms with Gasteiger partial charge in [-0.3, -0.25) is 9.69 Å². The molecule has 0 N–H and O–H groups in total. The van der Waals surface area contributed by atoms with Crippen molar-refractivity contribution in [2.75, 3.05) is 32.4 Å². The van der Waals surface area contributed by atoms with Gasteiger partial charge in [-0.25, -0.2) is 0 Å². The molecule has 1 heterocycles. The van der Waals surface area contributed by atoms with E-state index in [0.717, 1.165) is 39.1 Å². The number of benzene rings is 1. The van der Waals surface area contributed by atoms with Crippen LogP contribution >= 0.6 is 11.8 Å². The average molecular weight is 317 g/mol. The fourth-order valence-electron chi connectivity index (χ4n) is 2.65. The smallest absolute Gasteiger partial charge is 0.235 e. The molecule has 2 rings (SSSR count). The molecule has 1 aromatic rings. The Bertz CT molecular complexity index is 538. The van der Waals surface area contributed by atoms with E-state index in [1.807, 2.05) is 42.3 Å². The molecule has 1 atom stereocenters. The normalized spacial score (nSPS) is 17.6. The molecule has 1 saturated heterocycles. The summed E-state index contributed by atoms with van der Waals surface area (Å²) in [7, 11) is 0. The SMILES string of the molecule is CS[C@H](C)C(=O)N1CCCN(Cc2ccc(C#N)cc2)CC1. The zero-order valence-electron chi connectivity index (χ0n) is 13.3. The minimum absolute atomic E-state index is 0.0464. The lowest BCUT2D eigenvalue weighted by molar-refractivity contribution is -0.130. The lowest BCUT2D eigenvalue weighted by Crippen LogP contribution is -2.39. The molecule has 4 nitrogen and oxygen atoms in total. The van der Waals surface area contributed by atoms with Gasteiger partial charge in [0.15, 0.2) is 0 Å². The molecule has 0 saturated carbocycles. The van der Waals surface area contributed by atoms with Crippen LogP contribution in [-0.2, 0) is 11.3 Å². The average Bonchev–Trinajstić information content (AvgIpc) is 2.79. The first-order valence-electron chi connectivity index (χ1n) is 7.67. The highest BCUT2D eigenvalue weighted by molar-refractivity contribution is 7.99. The molecule has 0 unspecified atom stereocenters. The molecular formula is C17H23N3OS. The summed E-state index contributed by atoms with van der Waals surface area (Å²) in [6.07, 6.45) is 3.00. The molecule has 22 heavy (non-hydrogen) atoms. The second kappa shape index (κ2) is 8.21. The van der Waals surface area contributed by atoms with Crippen molar-refractivity contribution in [3.63, 3.8) is 0 Å². The molecule has 1 aromatic carbocycles. The van der Waals surface area contributed by atoms with Gasteiger partial charge in [0.1, 0.15) is 0 Å². The van der Waals surface area contributed by atoms with Gasteiger partial charge in [0.2, 0.25) is 5.91 Å². The topological polar surface area (TPSA) is 47.3 Å². The zero-order valence-corrected chi connectivity index (χ0v) is 14.1. The molecule has 5 heteroatoms. The highest BCUT2D eigenvalue weighted by atomic mass is 32.2. The Morgan fingerprint density at radius 3 is 2.64 bits per heavy atom. The molecule has 118 valence electrons. The van der Waals surface area contributed by atoms with Gasteiger partial charge < -0.3 is 4.90 Å².